The van der Waals surface area contributed by atoms with Gasteiger partial charge >= 0.3 is 5.88 Å². The third-order valence-electron chi connectivity index (χ3n) is 0.963. The summed E-state index contributed by atoms with van der Waals surface area (Å²) in [5.74, 6) is 0.724. The van der Waals surface area contributed by atoms with E-state index in [0.29, 0.717) is 11.7 Å². The molecular weight excluding hydrogens is 154 g/mol. The zero-order chi connectivity index (χ0) is 7.56. The molecule has 1 aromatic rings. The molecule has 1 aromatic heterocycles. The van der Waals surface area contributed by atoms with Gasteiger partial charge in [-0.1, -0.05) is 0 Å². The molecule has 0 fully saturated rings. The van der Waals surface area contributed by atoms with Gasteiger partial charge in [0.15, 0.2) is 11.1 Å². The number of nitrogens with one attached hydrogen (secondary N) is 1. The first-order chi connectivity index (χ1) is 4.77. The molecule has 6 heteroatoms. The Morgan fingerprint density at radius 2 is 2.30 bits per heavy atom. The lowest BCUT2D eigenvalue weighted by Crippen LogP contribution is -1.91. The highest BCUT2D eigenvalue weighted by atomic mass is 32.2. The molecule has 0 aliphatic rings. The van der Waals surface area contributed by atoms with Crippen molar-refractivity contribution >= 4 is 17.0 Å². The van der Waals surface area contributed by atoms with Gasteiger partial charge in [0.05, 0.1) is 7.11 Å². The maximum atomic E-state index is 10.6. The lowest BCUT2D eigenvalue weighted by molar-refractivity contribution is 0.403. The number of rotatable bonds is 2. The van der Waals surface area contributed by atoms with Crippen molar-refractivity contribution < 1.29 is 9.29 Å². The van der Waals surface area contributed by atoms with Crippen molar-refractivity contribution in [2.45, 2.75) is 0 Å². The smallest absolute Gasteiger partial charge is 0.317 e. The van der Waals surface area contributed by atoms with Crippen LogP contribution in [0, 0.1) is 0 Å². The maximum absolute atomic E-state index is 10.6. The molecule has 1 N–H and O–H groups in total. The van der Waals surface area contributed by atoms with Gasteiger partial charge in [-0.15, -0.1) is 0 Å². The summed E-state index contributed by atoms with van der Waals surface area (Å²) in [5.41, 5.74) is 0. The van der Waals surface area contributed by atoms with Crippen molar-refractivity contribution in [1.82, 2.24) is 8.75 Å². The Labute approximate surface area is 61.2 Å². The lowest BCUT2D eigenvalue weighted by Gasteiger charge is -1.91. The zero-order valence-electron chi connectivity index (χ0n) is 5.62. The van der Waals surface area contributed by atoms with Crippen LogP contribution in [0.25, 0.3) is 0 Å². The predicted molar refractivity (Wildman–Crippen MR) is 36.8 cm³/mol. The summed E-state index contributed by atoms with van der Waals surface area (Å²) in [6, 6.07) is 0. The maximum Gasteiger partial charge on any atom is 0.317 e. The van der Waals surface area contributed by atoms with E-state index in [1.165, 1.54) is 7.11 Å². The van der Waals surface area contributed by atoms with E-state index in [2.05, 4.69) is 14.1 Å². The molecule has 1 atom stereocenters. The monoisotopic (exact) mass is 161 g/mol. The molecule has 0 spiro atoms. The Bertz CT molecular complexity index is 203. The fourth-order valence-electron chi connectivity index (χ4n) is 0.538. The normalized spacial score (nSPS) is 11.3. The van der Waals surface area contributed by atoms with Crippen molar-refractivity contribution in [2.24, 2.45) is 0 Å². The van der Waals surface area contributed by atoms with E-state index in [1.54, 1.807) is 7.05 Å². The molecule has 1 heterocycles. The molecule has 0 aliphatic carbocycles. The number of aromatic nitrogens is 2. The van der Waals surface area contributed by atoms with Gasteiger partial charge in [-0.3, -0.25) is 0 Å². The number of anilines is 1. The summed E-state index contributed by atoms with van der Waals surface area (Å²) in [6.07, 6.45) is 0. The topological polar surface area (TPSA) is 70.1 Å². The third kappa shape index (κ3) is 1.17. The standard InChI is InChI=1S/C4H7N3O2S/c1-5-3-4(9-2)7-10(8)6-3/h1-2H3,(H,5,6). The highest BCUT2D eigenvalue weighted by Crippen LogP contribution is 2.23. The fourth-order valence-corrected chi connectivity index (χ4v) is 1.21. The van der Waals surface area contributed by atoms with Crippen LogP contribution in [0.3, 0.4) is 0 Å². The molecule has 0 bridgehead atoms. The van der Waals surface area contributed by atoms with Crippen molar-refractivity contribution in [1.29, 1.82) is 0 Å². The number of hydrogen-bond donors (Lipinski definition) is 1. The Balaban J connectivity index is 2.96. The van der Waals surface area contributed by atoms with Crippen LogP contribution in [0.4, 0.5) is 5.82 Å². The van der Waals surface area contributed by atoms with Crippen LogP contribution in [-0.2, 0) is 0 Å². The van der Waals surface area contributed by atoms with Crippen LogP contribution in [0.2, 0.25) is 0 Å². The molecule has 0 saturated heterocycles. The van der Waals surface area contributed by atoms with Gasteiger partial charge in [0.1, 0.15) is 0 Å². The number of hydrogen-bond acceptors (Lipinski definition) is 5. The second-order valence-electron chi connectivity index (χ2n) is 1.52. The van der Waals surface area contributed by atoms with Gasteiger partial charge in [0.25, 0.3) is 5.82 Å². The van der Waals surface area contributed by atoms with Gasteiger partial charge in [-0.2, -0.15) is 0 Å². The molecule has 0 saturated carbocycles. The number of ether oxygens (including phenoxy) is 1. The Morgan fingerprint density at radius 3 is 2.70 bits per heavy atom. The molecule has 1 unspecified atom stereocenters. The molecule has 0 radical (unpaired) electrons. The van der Waals surface area contributed by atoms with Crippen LogP contribution >= 0.6 is 11.1 Å². The van der Waals surface area contributed by atoms with E-state index in [1.807, 2.05) is 0 Å². The van der Waals surface area contributed by atoms with Gasteiger partial charge in [0, 0.05) is 15.8 Å². The Kier molecular flexibility index (Phi) is 2.03. The summed E-state index contributed by atoms with van der Waals surface area (Å²) < 4.78 is 22.5. The van der Waals surface area contributed by atoms with Crippen LogP contribution in [-0.4, -0.2) is 27.5 Å². The molecule has 10 heavy (non-hydrogen) atoms. The minimum atomic E-state index is -1.49. The average Bonchev–Trinajstić information content (AvgIpc) is 2.30. The zero-order valence-corrected chi connectivity index (χ0v) is 6.44. The van der Waals surface area contributed by atoms with Crippen LogP contribution < -0.4 is 10.1 Å². The van der Waals surface area contributed by atoms with Crippen molar-refractivity contribution in [3.63, 3.8) is 0 Å². The first kappa shape index (κ1) is 7.23. The van der Waals surface area contributed by atoms with Gasteiger partial charge in [-0.05, 0) is 0 Å². The SMILES string of the molecule is CNc1n[s+]([O-])nc1OC. The first-order valence-electron chi connectivity index (χ1n) is 2.59. The third-order valence-corrected chi connectivity index (χ3v) is 1.62. The largest absolute Gasteiger partial charge is 0.546 e. The van der Waals surface area contributed by atoms with Gasteiger partial charge < -0.3 is 14.6 Å². The first-order valence-corrected chi connectivity index (χ1v) is 3.66. The Morgan fingerprint density at radius 1 is 1.60 bits per heavy atom. The molecule has 1 rings (SSSR count). The molecular formula is C4H7N3O2S. The average molecular weight is 161 g/mol. The highest BCUT2D eigenvalue weighted by molar-refractivity contribution is 7.14. The summed E-state index contributed by atoms with van der Waals surface area (Å²) >= 11 is -1.49. The van der Waals surface area contributed by atoms with Crippen LogP contribution in [0.15, 0.2) is 0 Å². The lowest BCUT2D eigenvalue weighted by atomic mass is 10.7. The van der Waals surface area contributed by atoms with E-state index in [9.17, 15) is 4.55 Å². The van der Waals surface area contributed by atoms with Crippen molar-refractivity contribution in [3.05, 3.63) is 0 Å². The molecule has 0 aliphatic heterocycles. The van der Waals surface area contributed by atoms with E-state index in [-0.39, 0.29) is 0 Å². The fraction of sp³-hybridized carbons (Fsp3) is 0.500. The quantitative estimate of drug-likeness (QED) is 0.630. The summed E-state index contributed by atoms with van der Waals surface area (Å²) in [7, 11) is 3.12. The molecule has 56 valence electrons. The summed E-state index contributed by atoms with van der Waals surface area (Å²) in [5, 5.41) is 2.70. The minimum Gasteiger partial charge on any atom is -0.546 e. The van der Waals surface area contributed by atoms with E-state index < -0.39 is 11.1 Å². The van der Waals surface area contributed by atoms with E-state index >= 15 is 0 Å². The molecule has 5 nitrogen and oxygen atoms in total. The molecule has 0 amide bonds. The second kappa shape index (κ2) is 2.80. The number of nitrogens with zero attached hydrogens (tertiary/aromatic N) is 2. The van der Waals surface area contributed by atoms with Crippen molar-refractivity contribution in [2.75, 3.05) is 19.5 Å². The predicted octanol–water partition coefficient (Wildman–Crippen LogP) is 0.254. The van der Waals surface area contributed by atoms with E-state index in [4.69, 9.17) is 4.74 Å². The summed E-state index contributed by atoms with van der Waals surface area (Å²) in [4.78, 5) is 0. The van der Waals surface area contributed by atoms with Crippen LogP contribution in [0.5, 0.6) is 5.88 Å². The number of methoxy groups -OCH3 is 1. The highest BCUT2D eigenvalue weighted by Gasteiger charge is 2.13. The van der Waals surface area contributed by atoms with Crippen LogP contribution in [0.1, 0.15) is 0 Å². The van der Waals surface area contributed by atoms with E-state index in [0.717, 1.165) is 0 Å². The Hall–Kier alpha value is -0.880. The minimum absolute atomic E-state index is 0.292. The second-order valence-corrected chi connectivity index (χ2v) is 2.35. The van der Waals surface area contributed by atoms with Gasteiger partial charge in [-0.25, -0.2) is 0 Å². The molecule has 0 aromatic carbocycles. The van der Waals surface area contributed by atoms with Crippen molar-refractivity contribution in [3.8, 4) is 5.88 Å². The van der Waals surface area contributed by atoms with Gasteiger partial charge in [0.2, 0.25) is 0 Å². The summed E-state index contributed by atoms with van der Waals surface area (Å²) in [6.45, 7) is 0.